The van der Waals surface area contributed by atoms with E-state index in [1.54, 1.807) is 4.31 Å². The Morgan fingerprint density at radius 2 is 2.18 bits per heavy atom. The zero-order valence-electron chi connectivity index (χ0n) is 10.4. The van der Waals surface area contributed by atoms with Crippen LogP contribution in [0.25, 0.3) is 0 Å². The standard InChI is InChI=1S/C11H23N3O2S/c1-2-9-7-11(9)13-17(15,16)14-6-4-3-5-10(14)8-12/h9-11,13H,2-8,12H2,1H3. The quantitative estimate of drug-likeness (QED) is 0.753. The van der Waals surface area contributed by atoms with Crippen molar-refractivity contribution in [1.82, 2.24) is 9.03 Å². The van der Waals surface area contributed by atoms with Crippen molar-refractivity contribution in [2.75, 3.05) is 13.1 Å². The van der Waals surface area contributed by atoms with Crippen LogP contribution >= 0.6 is 0 Å². The molecule has 0 aromatic rings. The topological polar surface area (TPSA) is 75.4 Å². The normalized spacial score (nSPS) is 34.8. The van der Waals surface area contributed by atoms with Crippen LogP contribution in [-0.4, -0.2) is 37.9 Å². The molecule has 3 unspecified atom stereocenters. The molecule has 1 aliphatic heterocycles. The predicted molar refractivity (Wildman–Crippen MR) is 67.6 cm³/mol. The van der Waals surface area contributed by atoms with Gasteiger partial charge >= 0.3 is 0 Å². The molecule has 2 aliphatic rings. The second kappa shape index (κ2) is 5.22. The monoisotopic (exact) mass is 261 g/mol. The van der Waals surface area contributed by atoms with Crippen LogP contribution in [0.3, 0.4) is 0 Å². The van der Waals surface area contributed by atoms with Gasteiger partial charge in [-0.3, -0.25) is 0 Å². The highest BCUT2D eigenvalue weighted by atomic mass is 32.2. The van der Waals surface area contributed by atoms with E-state index in [4.69, 9.17) is 5.73 Å². The first-order chi connectivity index (χ1) is 8.08. The third kappa shape index (κ3) is 2.99. The van der Waals surface area contributed by atoms with Gasteiger partial charge in [0.05, 0.1) is 0 Å². The lowest BCUT2D eigenvalue weighted by Crippen LogP contribution is -2.52. The van der Waals surface area contributed by atoms with Gasteiger partial charge in [0.25, 0.3) is 10.2 Å². The Morgan fingerprint density at radius 1 is 1.41 bits per heavy atom. The molecule has 1 saturated heterocycles. The summed E-state index contributed by atoms with van der Waals surface area (Å²) in [5.74, 6) is 0.533. The summed E-state index contributed by atoms with van der Waals surface area (Å²) in [6.07, 6.45) is 4.94. The van der Waals surface area contributed by atoms with Gasteiger partial charge in [-0.25, -0.2) is 0 Å². The van der Waals surface area contributed by atoms with E-state index < -0.39 is 10.2 Å². The van der Waals surface area contributed by atoms with E-state index in [9.17, 15) is 8.42 Å². The molecule has 0 aromatic heterocycles. The fourth-order valence-electron chi connectivity index (χ4n) is 2.63. The first-order valence-electron chi connectivity index (χ1n) is 6.57. The van der Waals surface area contributed by atoms with Crippen LogP contribution in [0.15, 0.2) is 0 Å². The maximum absolute atomic E-state index is 12.2. The zero-order valence-corrected chi connectivity index (χ0v) is 11.2. The second-order valence-corrected chi connectivity index (χ2v) is 6.78. The molecule has 3 N–H and O–H groups in total. The van der Waals surface area contributed by atoms with Gasteiger partial charge in [0, 0.05) is 25.2 Å². The lowest BCUT2D eigenvalue weighted by molar-refractivity contribution is 0.254. The van der Waals surface area contributed by atoms with Crippen molar-refractivity contribution < 1.29 is 8.42 Å². The summed E-state index contributed by atoms with van der Waals surface area (Å²) in [5.41, 5.74) is 5.66. The summed E-state index contributed by atoms with van der Waals surface area (Å²) < 4.78 is 28.8. The molecule has 100 valence electrons. The molecule has 0 bridgehead atoms. The van der Waals surface area contributed by atoms with Gasteiger partial charge in [-0.1, -0.05) is 19.8 Å². The lowest BCUT2D eigenvalue weighted by Gasteiger charge is -2.33. The van der Waals surface area contributed by atoms with Gasteiger partial charge < -0.3 is 5.73 Å². The number of rotatable bonds is 5. The van der Waals surface area contributed by atoms with E-state index in [0.29, 0.717) is 19.0 Å². The molecule has 0 amide bonds. The maximum atomic E-state index is 12.2. The van der Waals surface area contributed by atoms with Crippen LogP contribution in [0.4, 0.5) is 0 Å². The van der Waals surface area contributed by atoms with Crippen molar-refractivity contribution >= 4 is 10.2 Å². The highest BCUT2D eigenvalue weighted by Crippen LogP contribution is 2.34. The Kier molecular flexibility index (Phi) is 4.07. The molecule has 6 heteroatoms. The van der Waals surface area contributed by atoms with Gasteiger partial charge in [-0.2, -0.15) is 17.4 Å². The van der Waals surface area contributed by atoms with E-state index in [-0.39, 0.29) is 12.1 Å². The third-order valence-corrected chi connectivity index (χ3v) is 5.60. The molecular formula is C11H23N3O2S. The largest absolute Gasteiger partial charge is 0.329 e. The summed E-state index contributed by atoms with van der Waals surface area (Å²) in [7, 11) is -3.32. The molecule has 17 heavy (non-hydrogen) atoms. The van der Waals surface area contributed by atoms with Gasteiger partial charge in [0.15, 0.2) is 0 Å². The third-order valence-electron chi connectivity index (χ3n) is 3.90. The van der Waals surface area contributed by atoms with Gasteiger partial charge in [0.1, 0.15) is 0 Å². The number of hydrogen-bond acceptors (Lipinski definition) is 3. The average molecular weight is 261 g/mol. The van der Waals surface area contributed by atoms with Crippen LogP contribution < -0.4 is 10.5 Å². The minimum Gasteiger partial charge on any atom is -0.329 e. The van der Waals surface area contributed by atoms with Crippen LogP contribution in [0, 0.1) is 5.92 Å². The highest BCUT2D eigenvalue weighted by Gasteiger charge is 2.41. The Labute approximate surface area is 104 Å². The Bertz CT molecular complexity index is 358. The molecule has 2 fully saturated rings. The van der Waals surface area contributed by atoms with Gasteiger partial charge in [-0.15, -0.1) is 0 Å². The van der Waals surface area contributed by atoms with Gasteiger partial charge in [0.2, 0.25) is 0 Å². The summed E-state index contributed by atoms with van der Waals surface area (Å²) in [4.78, 5) is 0. The lowest BCUT2D eigenvalue weighted by atomic mass is 10.1. The van der Waals surface area contributed by atoms with E-state index >= 15 is 0 Å². The van der Waals surface area contributed by atoms with Crippen LogP contribution in [0.1, 0.15) is 39.0 Å². The van der Waals surface area contributed by atoms with E-state index in [1.807, 2.05) is 0 Å². The van der Waals surface area contributed by atoms with Crippen LogP contribution in [0.2, 0.25) is 0 Å². The van der Waals surface area contributed by atoms with Crippen molar-refractivity contribution in [3.8, 4) is 0 Å². The fraction of sp³-hybridized carbons (Fsp3) is 1.00. The smallest absolute Gasteiger partial charge is 0.280 e. The van der Waals surface area contributed by atoms with Crippen molar-refractivity contribution in [1.29, 1.82) is 0 Å². The summed E-state index contributed by atoms with van der Waals surface area (Å²) >= 11 is 0. The van der Waals surface area contributed by atoms with Gasteiger partial charge in [-0.05, 0) is 25.2 Å². The maximum Gasteiger partial charge on any atom is 0.280 e. The molecule has 1 aliphatic carbocycles. The number of nitrogens with zero attached hydrogens (tertiary/aromatic N) is 1. The predicted octanol–water partition coefficient (Wildman–Crippen LogP) is 0.433. The van der Waals surface area contributed by atoms with Crippen LogP contribution in [0.5, 0.6) is 0 Å². The van der Waals surface area contributed by atoms with E-state index in [1.165, 1.54) is 0 Å². The molecule has 3 atom stereocenters. The Hall–Kier alpha value is -0.170. The molecule has 1 saturated carbocycles. The number of hydrogen-bond donors (Lipinski definition) is 2. The summed E-state index contributed by atoms with van der Waals surface area (Å²) in [5, 5.41) is 0. The van der Waals surface area contributed by atoms with E-state index in [2.05, 4.69) is 11.6 Å². The molecular weight excluding hydrogens is 238 g/mol. The van der Waals surface area contributed by atoms with Crippen molar-refractivity contribution in [3.63, 3.8) is 0 Å². The fourth-order valence-corrected chi connectivity index (χ4v) is 4.39. The molecule has 0 spiro atoms. The first kappa shape index (κ1) is 13.3. The number of piperidine rings is 1. The zero-order chi connectivity index (χ0) is 12.5. The molecule has 1 heterocycles. The van der Waals surface area contributed by atoms with Crippen molar-refractivity contribution in [2.24, 2.45) is 11.7 Å². The Morgan fingerprint density at radius 3 is 2.76 bits per heavy atom. The Balaban J connectivity index is 1.98. The molecule has 2 rings (SSSR count). The SMILES string of the molecule is CCC1CC1NS(=O)(=O)N1CCCCC1CN. The van der Waals surface area contributed by atoms with Crippen molar-refractivity contribution in [3.05, 3.63) is 0 Å². The van der Waals surface area contributed by atoms with E-state index in [0.717, 1.165) is 32.1 Å². The summed E-state index contributed by atoms with van der Waals surface area (Å²) in [6, 6.07) is 0.144. The van der Waals surface area contributed by atoms with Crippen LogP contribution in [-0.2, 0) is 10.2 Å². The average Bonchev–Trinajstić information content (AvgIpc) is 3.06. The molecule has 0 radical (unpaired) electrons. The second-order valence-electron chi connectivity index (χ2n) is 5.13. The highest BCUT2D eigenvalue weighted by molar-refractivity contribution is 7.87. The molecule has 5 nitrogen and oxygen atoms in total. The number of nitrogens with two attached hydrogens (primary N) is 1. The minimum atomic E-state index is -3.32. The first-order valence-corrected chi connectivity index (χ1v) is 8.01. The summed E-state index contributed by atoms with van der Waals surface area (Å²) in [6.45, 7) is 3.13. The minimum absolute atomic E-state index is 0.0138. The van der Waals surface area contributed by atoms with Crippen molar-refractivity contribution in [2.45, 2.75) is 51.1 Å². The molecule has 0 aromatic carbocycles. The number of nitrogens with one attached hydrogen (secondary N) is 1.